The number of benzene rings is 2. The number of hydrogen-bond donors (Lipinski definition) is 1. The quantitative estimate of drug-likeness (QED) is 0.461. The van der Waals surface area contributed by atoms with Gasteiger partial charge in [0.15, 0.2) is 0 Å². The lowest BCUT2D eigenvalue weighted by Crippen LogP contribution is -2.25. The van der Waals surface area contributed by atoms with E-state index in [1.165, 1.54) is 0 Å². The first-order valence-electron chi connectivity index (χ1n) is 10.5. The molecule has 32 heavy (non-hydrogen) atoms. The summed E-state index contributed by atoms with van der Waals surface area (Å²) in [5.41, 5.74) is 6.58. The molecule has 1 unspecified atom stereocenters. The third-order valence-electron chi connectivity index (χ3n) is 5.76. The van der Waals surface area contributed by atoms with Crippen molar-refractivity contribution >= 4 is 23.3 Å². The van der Waals surface area contributed by atoms with E-state index in [9.17, 15) is 4.79 Å². The Morgan fingerprint density at radius 2 is 1.69 bits per heavy atom. The van der Waals surface area contributed by atoms with Crippen LogP contribution in [0.3, 0.4) is 0 Å². The van der Waals surface area contributed by atoms with Gasteiger partial charge in [0.25, 0.3) is 5.95 Å². The number of hydrogen-bond acceptors (Lipinski definition) is 4. The van der Waals surface area contributed by atoms with Gasteiger partial charge in [-0.1, -0.05) is 48.0 Å². The van der Waals surface area contributed by atoms with Gasteiger partial charge < -0.3 is 5.32 Å². The van der Waals surface area contributed by atoms with Crippen LogP contribution in [0.5, 0.6) is 0 Å². The smallest absolute Gasteiger partial charge is 0.252 e. The molecule has 2 aromatic carbocycles. The molecule has 0 spiro atoms. The molecule has 0 aliphatic carbocycles. The number of fused-ring (bicyclic) bond motifs is 1. The molecule has 0 saturated heterocycles. The van der Waals surface area contributed by atoms with Gasteiger partial charge in [0, 0.05) is 39.9 Å². The molecule has 1 aliphatic heterocycles. The molecule has 7 heteroatoms. The topological polar surface area (TPSA) is 72.7 Å². The van der Waals surface area contributed by atoms with Gasteiger partial charge in [-0.05, 0) is 50.1 Å². The van der Waals surface area contributed by atoms with E-state index in [0.717, 1.165) is 39.3 Å². The maximum atomic E-state index is 12.8. The SMILES string of the molecule is Cc1cc(C)nc(-n2nc(-c3ccc(Cl)cc3)c3c2NC(=O)CC3c2ccccc2C)n1. The van der Waals surface area contributed by atoms with E-state index in [0.29, 0.717) is 23.2 Å². The Labute approximate surface area is 191 Å². The third kappa shape index (κ3) is 3.56. The Morgan fingerprint density at radius 3 is 2.38 bits per heavy atom. The lowest BCUT2D eigenvalue weighted by atomic mass is 9.82. The standard InChI is InChI=1S/C25H22ClN5O/c1-14-6-4-5-7-19(14)20-13-21(32)29-24-22(20)23(17-8-10-18(26)11-9-17)30-31(24)25-27-15(2)12-16(3)28-25/h4-12,20H,13H2,1-3H3,(H,29,32). The van der Waals surface area contributed by atoms with Crippen LogP contribution in [0.2, 0.25) is 5.02 Å². The van der Waals surface area contributed by atoms with Crippen molar-refractivity contribution in [2.45, 2.75) is 33.1 Å². The summed E-state index contributed by atoms with van der Waals surface area (Å²) in [6.07, 6.45) is 0.345. The van der Waals surface area contributed by atoms with Gasteiger partial charge in [0.1, 0.15) is 5.82 Å². The van der Waals surface area contributed by atoms with Gasteiger partial charge in [-0.3, -0.25) is 4.79 Å². The second-order valence-electron chi connectivity index (χ2n) is 8.14. The number of nitrogens with one attached hydrogen (secondary N) is 1. The van der Waals surface area contributed by atoms with E-state index >= 15 is 0 Å². The Kier molecular flexibility index (Phi) is 5.02. The molecule has 1 amide bonds. The molecule has 1 atom stereocenters. The molecular formula is C25H22ClN5O. The van der Waals surface area contributed by atoms with Crippen molar-refractivity contribution in [2.24, 2.45) is 0 Å². The predicted octanol–water partition coefficient (Wildman–Crippen LogP) is 5.38. The average molecular weight is 444 g/mol. The number of rotatable bonds is 3. The van der Waals surface area contributed by atoms with Gasteiger partial charge in [-0.2, -0.15) is 9.78 Å². The minimum absolute atomic E-state index is 0.0565. The summed E-state index contributed by atoms with van der Waals surface area (Å²) in [4.78, 5) is 22.0. The predicted molar refractivity (Wildman–Crippen MR) is 125 cm³/mol. The lowest BCUT2D eigenvalue weighted by molar-refractivity contribution is -0.116. The Hall–Kier alpha value is -3.51. The third-order valence-corrected chi connectivity index (χ3v) is 6.01. The first-order chi connectivity index (χ1) is 15.4. The summed E-state index contributed by atoms with van der Waals surface area (Å²) in [5.74, 6) is 0.860. The largest absolute Gasteiger partial charge is 0.310 e. The number of aryl methyl sites for hydroxylation is 3. The Bertz CT molecular complexity index is 1320. The molecule has 1 N–H and O–H groups in total. The van der Waals surface area contributed by atoms with Crippen molar-refractivity contribution in [1.29, 1.82) is 0 Å². The molecule has 3 heterocycles. The summed E-state index contributed by atoms with van der Waals surface area (Å²) in [7, 11) is 0. The van der Waals surface area contributed by atoms with Crippen molar-refractivity contribution < 1.29 is 4.79 Å². The molecule has 0 bridgehead atoms. The molecule has 4 aromatic rings. The fourth-order valence-electron chi connectivity index (χ4n) is 4.36. The summed E-state index contributed by atoms with van der Waals surface area (Å²) in [5, 5.41) is 8.62. The second kappa shape index (κ2) is 7.88. The number of nitrogens with zero attached hydrogens (tertiary/aromatic N) is 4. The van der Waals surface area contributed by atoms with Crippen LogP contribution in [-0.4, -0.2) is 25.7 Å². The highest BCUT2D eigenvalue weighted by Gasteiger charge is 2.35. The number of aromatic nitrogens is 4. The number of carbonyl (C=O) groups is 1. The van der Waals surface area contributed by atoms with Crippen molar-refractivity contribution in [3.05, 3.63) is 87.7 Å². The fraction of sp³-hybridized carbons (Fsp3) is 0.200. The fourth-order valence-corrected chi connectivity index (χ4v) is 4.49. The van der Waals surface area contributed by atoms with Crippen LogP contribution >= 0.6 is 11.6 Å². The highest BCUT2D eigenvalue weighted by atomic mass is 35.5. The van der Waals surface area contributed by atoms with Crippen LogP contribution < -0.4 is 5.32 Å². The zero-order valence-corrected chi connectivity index (χ0v) is 18.8. The molecule has 5 rings (SSSR count). The van der Waals surface area contributed by atoms with E-state index in [1.807, 2.05) is 56.3 Å². The first-order valence-corrected chi connectivity index (χ1v) is 10.9. The molecule has 1 aliphatic rings. The number of amides is 1. The van der Waals surface area contributed by atoms with Gasteiger partial charge in [-0.25, -0.2) is 9.97 Å². The maximum absolute atomic E-state index is 12.8. The van der Waals surface area contributed by atoms with Gasteiger partial charge >= 0.3 is 0 Å². The van der Waals surface area contributed by atoms with E-state index in [4.69, 9.17) is 16.7 Å². The van der Waals surface area contributed by atoms with Gasteiger partial charge in [0.05, 0.1) is 5.69 Å². The maximum Gasteiger partial charge on any atom is 0.252 e. The monoisotopic (exact) mass is 443 g/mol. The van der Waals surface area contributed by atoms with Crippen molar-refractivity contribution in [3.63, 3.8) is 0 Å². The van der Waals surface area contributed by atoms with Crippen molar-refractivity contribution in [2.75, 3.05) is 5.32 Å². The van der Waals surface area contributed by atoms with E-state index in [1.54, 1.807) is 4.68 Å². The lowest BCUT2D eigenvalue weighted by Gasteiger charge is -2.25. The molecular weight excluding hydrogens is 422 g/mol. The van der Waals surface area contributed by atoms with Crippen LogP contribution in [0, 0.1) is 20.8 Å². The van der Waals surface area contributed by atoms with Crippen LogP contribution in [-0.2, 0) is 4.79 Å². The van der Waals surface area contributed by atoms with Crippen molar-refractivity contribution in [1.82, 2.24) is 19.7 Å². The summed E-state index contributed by atoms with van der Waals surface area (Å²) < 4.78 is 1.65. The molecule has 6 nitrogen and oxygen atoms in total. The number of carbonyl (C=O) groups excluding carboxylic acids is 1. The zero-order chi connectivity index (χ0) is 22.4. The summed E-state index contributed by atoms with van der Waals surface area (Å²) in [6, 6.07) is 17.7. The summed E-state index contributed by atoms with van der Waals surface area (Å²) >= 11 is 6.14. The van der Waals surface area contributed by atoms with Gasteiger partial charge in [0.2, 0.25) is 5.91 Å². The Morgan fingerprint density at radius 1 is 1.00 bits per heavy atom. The first kappa shape index (κ1) is 20.4. The van der Waals surface area contributed by atoms with Crippen LogP contribution in [0.25, 0.3) is 17.2 Å². The normalized spacial score (nSPS) is 15.4. The van der Waals surface area contributed by atoms with Crippen molar-refractivity contribution in [3.8, 4) is 17.2 Å². The number of halogens is 1. The van der Waals surface area contributed by atoms with Gasteiger partial charge in [-0.15, -0.1) is 0 Å². The molecule has 2 aromatic heterocycles. The van der Waals surface area contributed by atoms with Crippen LogP contribution in [0.15, 0.2) is 54.6 Å². The highest BCUT2D eigenvalue weighted by molar-refractivity contribution is 6.30. The van der Waals surface area contributed by atoms with E-state index < -0.39 is 0 Å². The minimum Gasteiger partial charge on any atom is -0.310 e. The molecule has 160 valence electrons. The highest BCUT2D eigenvalue weighted by Crippen LogP contribution is 2.44. The number of anilines is 1. The molecule has 0 radical (unpaired) electrons. The van der Waals surface area contributed by atoms with Crippen LogP contribution in [0.1, 0.15) is 40.4 Å². The second-order valence-corrected chi connectivity index (χ2v) is 8.58. The zero-order valence-electron chi connectivity index (χ0n) is 18.1. The molecule has 0 fully saturated rings. The summed E-state index contributed by atoms with van der Waals surface area (Å²) in [6.45, 7) is 5.91. The Balaban J connectivity index is 1.80. The minimum atomic E-state index is -0.134. The average Bonchev–Trinajstić information content (AvgIpc) is 3.13. The van der Waals surface area contributed by atoms with Crippen LogP contribution in [0.4, 0.5) is 5.82 Å². The van der Waals surface area contributed by atoms with E-state index in [2.05, 4.69) is 34.3 Å². The van der Waals surface area contributed by atoms with E-state index in [-0.39, 0.29) is 11.8 Å². The molecule has 0 saturated carbocycles.